The number of hydrogen-bond acceptors (Lipinski definition) is 5. The molecule has 1 fully saturated rings. The van der Waals surface area contributed by atoms with Crippen LogP contribution in [0.2, 0.25) is 0 Å². The van der Waals surface area contributed by atoms with Crippen LogP contribution in [0.25, 0.3) is 11.1 Å². The number of carbonyl (C=O) groups is 3. The highest BCUT2D eigenvalue weighted by Gasteiger charge is 2.41. The highest BCUT2D eigenvalue weighted by molar-refractivity contribution is 5.80. The summed E-state index contributed by atoms with van der Waals surface area (Å²) in [6.07, 6.45) is 1.10. The molecule has 0 aromatic heterocycles. The molecule has 4 rings (SSSR count). The molecular formula is C27H32N2O6. The molecule has 2 aliphatic rings. The fourth-order valence-electron chi connectivity index (χ4n) is 5.02. The average Bonchev–Trinajstić information content (AvgIpc) is 3.13. The van der Waals surface area contributed by atoms with Gasteiger partial charge in [0.15, 0.2) is 0 Å². The molecular weight excluding hydrogens is 448 g/mol. The summed E-state index contributed by atoms with van der Waals surface area (Å²) in [4.78, 5) is 36.3. The maximum Gasteiger partial charge on any atom is 0.407 e. The van der Waals surface area contributed by atoms with Crippen molar-refractivity contribution in [3.05, 3.63) is 59.7 Å². The summed E-state index contributed by atoms with van der Waals surface area (Å²) in [5.41, 5.74) is 3.98. The minimum Gasteiger partial charge on any atom is -0.481 e. The van der Waals surface area contributed by atoms with Crippen molar-refractivity contribution >= 4 is 18.0 Å². The predicted molar refractivity (Wildman–Crippen MR) is 130 cm³/mol. The molecule has 0 heterocycles. The fourth-order valence-corrected chi connectivity index (χ4v) is 5.02. The van der Waals surface area contributed by atoms with Crippen LogP contribution < -0.4 is 10.6 Å². The molecule has 2 aromatic carbocycles. The number of carboxylic acid groups (broad SMARTS) is 1. The van der Waals surface area contributed by atoms with Crippen molar-refractivity contribution in [3.63, 3.8) is 0 Å². The standard InChI is InChI=1S/C27H32N2O6/c1-2-34-18(14-25(31)32)16-28-24(30)15-27(12-7-13-27)29-26(33)35-17-23-21-10-5-3-8-19(21)20-9-4-6-11-22(20)23/h3-6,8-11,18,23H,2,7,12-17H2,1H3,(H,28,30)(H,29,33)(H,31,32). The second kappa shape index (κ2) is 10.9. The number of aliphatic carboxylic acids is 1. The Morgan fingerprint density at radius 3 is 2.23 bits per heavy atom. The van der Waals surface area contributed by atoms with Gasteiger partial charge in [-0.2, -0.15) is 0 Å². The number of hydrogen-bond donors (Lipinski definition) is 3. The first-order valence-electron chi connectivity index (χ1n) is 12.1. The summed E-state index contributed by atoms with van der Waals surface area (Å²) in [6.45, 7) is 2.47. The smallest absolute Gasteiger partial charge is 0.407 e. The maximum atomic E-state index is 12.7. The van der Waals surface area contributed by atoms with E-state index in [4.69, 9.17) is 14.6 Å². The third-order valence-corrected chi connectivity index (χ3v) is 6.85. The molecule has 8 heteroatoms. The van der Waals surface area contributed by atoms with Crippen LogP contribution in [-0.2, 0) is 19.1 Å². The van der Waals surface area contributed by atoms with Crippen molar-refractivity contribution in [1.29, 1.82) is 0 Å². The lowest BCUT2D eigenvalue weighted by Crippen LogP contribution is -2.56. The van der Waals surface area contributed by atoms with Crippen LogP contribution in [0.1, 0.15) is 56.1 Å². The summed E-state index contributed by atoms with van der Waals surface area (Å²) < 4.78 is 11.0. The Morgan fingerprint density at radius 1 is 1.06 bits per heavy atom. The van der Waals surface area contributed by atoms with Gasteiger partial charge in [0.1, 0.15) is 6.61 Å². The molecule has 0 spiro atoms. The average molecular weight is 481 g/mol. The summed E-state index contributed by atoms with van der Waals surface area (Å²) in [7, 11) is 0. The van der Waals surface area contributed by atoms with Crippen LogP contribution in [0.15, 0.2) is 48.5 Å². The van der Waals surface area contributed by atoms with E-state index in [-0.39, 0.29) is 37.8 Å². The number of nitrogens with one attached hydrogen (secondary N) is 2. The van der Waals surface area contributed by atoms with E-state index in [1.807, 2.05) is 24.3 Å². The van der Waals surface area contributed by atoms with Gasteiger partial charge in [-0.25, -0.2) is 4.79 Å². The zero-order valence-corrected chi connectivity index (χ0v) is 19.9. The van der Waals surface area contributed by atoms with E-state index in [0.29, 0.717) is 19.4 Å². The van der Waals surface area contributed by atoms with E-state index >= 15 is 0 Å². The van der Waals surface area contributed by atoms with Crippen LogP contribution in [0.3, 0.4) is 0 Å². The third-order valence-electron chi connectivity index (χ3n) is 6.85. The van der Waals surface area contributed by atoms with Gasteiger partial charge in [-0.3, -0.25) is 9.59 Å². The molecule has 1 unspecified atom stereocenters. The van der Waals surface area contributed by atoms with Crippen molar-refractivity contribution < 1.29 is 29.0 Å². The topological polar surface area (TPSA) is 114 Å². The van der Waals surface area contributed by atoms with Crippen molar-refractivity contribution in [2.24, 2.45) is 0 Å². The van der Waals surface area contributed by atoms with Gasteiger partial charge in [0.05, 0.1) is 18.1 Å². The van der Waals surface area contributed by atoms with Crippen molar-refractivity contribution in [2.75, 3.05) is 19.8 Å². The van der Waals surface area contributed by atoms with Gasteiger partial charge in [0, 0.05) is 25.5 Å². The van der Waals surface area contributed by atoms with Gasteiger partial charge in [0.2, 0.25) is 5.91 Å². The van der Waals surface area contributed by atoms with E-state index in [1.165, 1.54) is 0 Å². The van der Waals surface area contributed by atoms with Gasteiger partial charge in [-0.1, -0.05) is 48.5 Å². The molecule has 2 aliphatic carbocycles. The van der Waals surface area contributed by atoms with Crippen LogP contribution >= 0.6 is 0 Å². The van der Waals surface area contributed by atoms with E-state index in [0.717, 1.165) is 28.7 Å². The Balaban J connectivity index is 1.31. The van der Waals surface area contributed by atoms with Gasteiger partial charge in [-0.05, 0) is 48.4 Å². The summed E-state index contributed by atoms with van der Waals surface area (Å²) in [5.74, 6) is -1.26. The highest BCUT2D eigenvalue weighted by atomic mass is 16.5. The Kier molecular flexibility index (Phi) is 7.70. The molecule has 3 N–H and O–H groups in total. The number of carbonyl (C=O) groups excluding carboxylic acids is 2. The number of carboxylic acids is 1. The number of amides is 2. The van der Waals surface area contributed by atoms with E-state index in [9.17, 15) is 14.4 Å². The van der Waals surface area contributed by atoms with Crippen LogP contribution in [-0.4, -0.2) is 54.5 Å². The number of fused-ring (bicyclic) bond motifs is 3. The summed E-state index contributed by atoms with van der Waals surface area (Å²) >= 11 is 0. The van der Waals surface area contributed by atoms with Crippen molar-refractivity contribution in [3.8, 4) is 11.1 Å². The zero-order chi connectivity index (χ0) is 24.8. The molecule has 0 aliphatic heterocycles. The van der Waals surface area contributed by atoms with Crippen LogP contribution in [0.5, 0.6) is 0 Å². The normalized spacial score (nSPS) is 16.4. The first-order chi connectivity index (χ1) is 16.9. The maximum absolute atomic E-state index is 12.7. The van der Waals surface area contributed by atoms with E-state index < -0.39 is 23.7 Å². The zero-order valence-electron chi connectivity index (χ0n) is 19.9. The minimum atomic E-state index is -0.981. The van der Waals surface area contributed by atoms with E-state index in [1.54, 1.807) is 6.92 Å². The highest BCUT2D eigenvalue weighted by Crippen LogP contribution is 2.44. The largest absolute Gasteiger partial charge is 0.481 e. The van der Waals surface area contributed by atoms with E-state index in [2.05, 4.69) is 34.9 Å². The van der Waals surface area contributed by atoms with Gasteiger partial charge >= 0.3 is 12.1 Å². The first-order valence-corrected chi connectivity index (χ1v) is 12.1. The van der Waals surface area contributed by atoms with Crippen molar-refractivity contribution in [2.45, 2.75) is 56.6 Å². The molecule has 1 saturated carbocycles. The first kappa shape index (κ1) is 24.7. The van der Waals surface area contributed by atoms with Gasteiger partial charge in [-0.15, -0.1) is 0 Å². The third kappa shape index (κ3) is 5.82. The Morgan fingerprint density at radius 2 is 1.69 bits per heavy atom. The molecule has 8 nitrogen and oxygen atoms in total. The Labute approximate surface area is 205 Å². The lowest BCUT2D eigenvalue weighted by atomic mass is 9.74. The van der Waals surface area contributed by atoms with Crippen molar-refractivity contribution in [1.82, 2.24) is 10.6 Å². The predicted octanol–water partition coefficient (Wildman–Crippen LogP) is 3.83. The van der Waals surface area contributed by atoms with Gasteiger partial charge < -0.3 is 25.2 Å². The van der Waals surface area contributed by atoms with Gasteiger partial charge in [0.25, 0.3) is 0 Å². The quantitative estimate of drug-likeness (QED) is 0.450. The lowest BCUT2D eigenvalue weighted by molar-refractivity contribution is -0.140. The monoisotopic (exact) mass is 480 g/mol. The van der Waals surface area contributed by atoms with Crippen LogP contribution in [0, 0.1) is 0 Å². The number of benzene rings is 2. The Hall–Kier alpha value is -3.39. The Bertz CT molecular complexity index is 1040. The molecule has 35 heavy (non-hydrogen) atoms. The summed E-state index contributed by atoms with van der Waals surface area (Å²) in [5, 5.41) is 14.7. The lowest BCUT2D eigenvalue weighted by Gasteiger charge is -2.41. The molecule has 0 bridgehead atoms. The number of rotatable bonds is 11. The molecule has 2 amide bonds. The number of alkyl carbamates (subject to hydrolysis) is 1. The second-order valence-corrected chi connectivity index (χ2v) is 9.24. The fraction of sp³-hybridized carbons (Fsp3) is 0.444. The van der Waals surface area contributed by atoms with Crippen LogP contribution in [0.4, 0.5) is 4.79 Å². The molecule has 0 radical (unpaired) electrons. The minimum absolute atomic E-state index is 0.0291. The molecule has 0 saturated heterocycles. The molecule has 186 valence electrons. The molecule has 1 atom stereocenters. The summed E-state index contributed by atoms with van der Waals surface area (Å²) in [6, 6.07) is 16.3. The SMILES string of the molecule is CCOC(CNC(=O)CC1(NC(=O)OCC2c3ccccc3-c3ccccc32)CCC1)CC(=O)O. The second-order valence-electron chi connectivity index (χ2n) is 9.24. The molecule has 2 aromatic rings. The number of ether oxygens (including phenoxy) is 2.